The zero-order valence-electron chi connectivity index (χ0n) is 19.4. The highest BCUT2D eigenvalue weighted by molar-refractivity contribution is 5.75. The maximum absolute atomic E-state index is 13.4. The lowest BCUT2D eigenvalue weighted by molar-refractivity contribution is -0.166. The van der Waals surface area contributed by atoms with Gasteiger partial charge in [-0.05, 0) is 29.5 Å². The minimum atomic E-state index is -4.61. The molecule has 3 aliphatic rings. The predicted octanol–water partition coefficient (Wildman–Crippen LogP) is 3.80. The number of methoxy groups -OCH3 is 1. The number of aliphatic carboxylic acids is 1. The number of halogens is 3. The van der Waals surface area contributed by atoms with Crippen molar-refractivity contribution in [2.24, 2.45) is 17.3 Å². The van der Waals surface area contributed by atoms with Crippen LogP contribution in [0.5, 0.6) is 11.5 Å². The van der Waals surface area contributed by atoms with Crippen molar-refractivity contribution < 1.29 is 42.8 Å². The van der Waals surface area contributed by atoms with E-state index >= 15 is 0 Å². The highest BCUT2D eigenvalue weighted by Gasteiger charge is 2.80. The molecule has 1 fully saturated rings. The van der Waals surface area contributed by atoms with Gasteiger partial charge in [0.1, 0.15) is 17.6 Å². The van der Waals surface area contributed by atoms with Crippen molar-refractivity contribution in [2.45, 2.75) is 36.8 Å². The van der Waals surface area contributed by atoms with Crippen LogP contribution in [0, 0.1) is 17.3 Å². The standard InChI is InChI=1S/C26H24F3NO6/c1-23(10-4-3-5-11-23)20-18(22(32)33)21(31)24(34)19-16(35-2)12-30-13-17(19)36-25(20,24)14-6-8-15(9-7-14)26(27,28)29/h3-10,12-13,18,20-21,31,34H,11H2,1-2H3,(H,32,33)/t18-,20+,21-,23?,24+,25+/m1/s1. The van der Waals surface area contributed by atoms with E-state index in [1.54, 1.807) is 25.2 Å². The van der Waals surface area contributed by atoms with Crippen molar-refractivity contribution in [3.8, 4) is 11.5 Å². The molecule has 2 heterocycles. The Morgan fingerprint density at radius 1 is 1.19 bits per heavy atom. The minimum Gasteiger partial charge on any atom is -0.495 e. The first kappa shape index (κ1) is 24.3. The molecule has 2 aromatic rings. The third kappa shape index (κ3) is 3.00. The third-order valence-electron chi connectivity index (χ3n) is 7.80. The van der Waals surface area contributed by atoms with Gasteiger partial charge in [-0.25, -0.2) is 0 Å². The average Bonchev–Trinajstić information content (AvgIpc) is 3.22. The van der Waals surface area contributed by atoms with Crippen molar-refractivity contribution in [1.82, 2.24) is 4.98 Å². The fourth-order valence-electron chi connectivity index (χ4n) is 6.32. The normalized spacial score (nSPS) is 34.7. The SMILES string of the molecule is COc1cncc2c1[C@]1(O)[C@H](O)[C@H](C(=O)O)[C@@H](C3(C)C=CC=CC3)[C@]1(c1ccc(C(F)(F)F)cc1)O2. The van der Waals surface area contributed by atoms with E-state index in [0.29, 0.717) is 6.42 Å². The van der Waals surface area contributed by atoms with E-state index in [1.807, 2.05) is 6.08 Å². The molecule has 0 bridgehead atoms. The molecule has 6 atom stereocenters. The molecular formula is C26H24F3NO6. The molecule has 0 spiro atoms. The van der Waals surface area contributed by atoms with Gasteiger partial charge in [-0.3, -0.25) is 9.78 Å². The fraction of sp³-hybridized carbons (Fsp3) is 0.385. The number of rotatable bonds is 4. The lowest BCUT2D eigenvalue weighted by Crippen LogP contribution is -2.55. The third-order valence-corrected chi connectivity index (χ3v) is 7.80. The Hall–Kier alpha value is -3.37. The van der Waals surface area contributed by atoms with Crippen LogP contribution in [0.4, 0.5) is 13.2 Å². The number of carbonyl (C=O) groups is 1. The summed E-state index contributed by atoms with van der Waals surface area (Å²) in [6, 6.07) is 4.02. The maximum Gasteiger partial charge on any atom is 0.416 e. The number of aliphatic hydroxyl groups excluding tert-OH is 1. The molecule has 7 nitrogen and oxygen atoms in total. The Morgan fingerprint density at radius 3 is 2.44 bits per heavy atom. The van der Waals surface area contributed by atoms with Gasteiger partial charge in [0.05, 0.1) is 36.5 Å². The minimum absolute atomic E-state index is 0.0000732. The van der Waals surface area contributed by atoms with Crippen LogP contribution in [0.1, 0.15) is 30.0 Å². The Bertz CT molecular complexity index is 1280. The number of fused-ring (bicyclic) bond motifs is 3. The van der Waals surface area contributed by atoms with Crippen molar-refractivity contribution in [1.29, 1.82) is 0 Å². The van der Waals surface area contributed by atoms with Crippen molar-refractivity contribution >= 4 is 5.97 Å². The van der Waals surface area contributed by atoms with Crippen LogP contribution in [0.15, 0.2) is 61.0 Å². The number of alkyl halides is 3. The zero-order chi connectivity index (χ0) is 26.1. The van der Waals surface area contributed by atoms with E-state index < -0.39 is 52.3 Å². The Kier molecular flexibility index (Phi) is 5.28. The molecule has 0 radical (unpaired) electrons. The van der Waals surface area contributed by atoms with Gasteiger partial charge < -0.3 is 24.8 Å². The molecule has 5 rings (SSSR count). The monoisotopic (exact) mass is 503 g/mol. The van der Waals surface area contributed by atoms with Gasteiger partial charge in [0, 0.05) is 5.92 Å². The molecule has 3 N–H and O–H groups in total. The summed E-state index contributed by atoms with van der Waals surface area (Å²) in [7, 11) is 1.32. The number of hydrogen-bond acceptors (Lipinski definition) is 6. The highest BCUT2D eigenvalue weighted by Crippen LogP contribution is 2.71. The topological polar surface area (TPSA) is 109 Å². The zero-order valence-corrected chi connectivity index (χ0v) is 19.4. The molecule has 10 heteroatoms. The highest BCUT2D eigenvalue weighted by atomic mass is 19.4. The number of carboxylic acids is 1. The Morgan fingerprint density at radius 2 is 1.89 bits per heavy atom. The molecule has 1 aromatic carbocycles. The van der Waals surface area contributed by atoms with Crippen LogP contribution < -0.4 is 9.47 Å². The number of ether oxygens (including phenoxy) is 2. The Balaban J connectivity index is 1.85. The van der Waals surface area contributed by atoms with Gasteiger partial charge in [-0.2, -0.15) is 13.2 Å². The molecule has 1 aromatic heterocycles. The molecule has 190 valence electrons. The summed E-state index contributed by atoms with van der Waals surface area (Å²) in [5.41, 5.74) is -6.16. The quantitative estimate of drug-likeness (QED) is 0.583. The summed E-state index contributed by atoms with van der Waals surface area (Å²) in [6.07, 6.45) is 3.57. The summed E-state index contributed by atoms with van der Waals surface area (Å²) in [4.78, 5) is 16.7. The van der Waals surface area contributed by atoms with Crippen LogP contribution in [0.3, 0.4) is 0 Å². The molecule has 36 heavy (non-hydrogen) atoms. The molecule has 2 aliphatic carbocycles. The summed E-state index contributed by atoms with van der Waals surface area (Å²) < 4.78 is 51.9. The Labute approximate surface area is 204 Å². The number of benzene rings is 1. The van der Waals surface area contributed by atoms with Gasteiger partial charge in [0.2, 0.25) is 0 Å². The number of aromatic nitrogens is 1. The first-order valence-electron chi connectivity index (χ1n) is 11.3. The number of nitrogens with zero attached hydrogens (tertiary/aromatic N) is 1. The molecule has 0 saturated heterocycles. The first-order valence-corrected chi connectivity index (χ1v) is 11.3. The lowest BCUT2D eigenvalue weighted by Gasteiger charge is -2.47. The summed E-state index contributed by atoms with van der Waals surface area (Å²) in [6.45, 7) is 1.78. The maximum atomic E-state index is 13.4. The van der Waals surface area contributed by atoms with Gasteiger partial charge in [-0.15, -0.1) is 0 Å². The number of pyridine rings is 1. The second-order valence-electron chi connectivity index (χ2n) is 9.68. The second kappa shape index (κ2) is 7.81. The smallest absolute Gasteiger partial charge is 0.416 e. The molecule has 0 amide bonds. The lowest BCUT2D eigenvalue weighted by atomic mass is 9.60. The largest absolute Gasteiger partial charge is 0.495 e. The molecule has 1 unspecified atom stereocenters. The van der Waals surface area contributed by atoms with Gasteiger partial charge in [0.15, 0.2) is 11.2 Å². The molecule has 1 aliphatic heterocycles. The van der Waals surface area contributed by atoms with E-state index in [-0.39, 0.29) is 22.6 Å². The van der Waals surface area contributed by atoms with Crippen LogP contribution in [0.2, 0.25) is 0 Å². The van der Waals surface area contributed by atoms with Gasteiger partial charge >= 0.3 is 12.1 Å². The van der Waals surface area contributed by atoms with Crippen LogP contribution in [-0.2, 0) is 22.2 Å². The van der Waals surface area contributed by atoms with Crippen LogP contribution in [0.25, 0.3) is 0 Å². The van der Waals surface area contributed by atoms with E-state index in [1.165, 1.54) is 19.5 Å². The van der Waals surface area contributed by atoms with E-state index in [2.05, 4.69) is 4.98 Å². The van der Waals surface area contributed by atoms with E-state index in [0.717, 1.165) is 24.3 Å². The fourth-order valence-corrected chi connectivity index (χ4v) is 6.32. The predicted molar refractivity (Wildman–Crippen MR) is 120 cm³/mol. The number of allylic oxidation sites excluding steroid dienone is 4. The average molecular weight is 503 g/mol. The molecule has 1 saturated carbocycles. The van der Waals surface area contributed by atoms with E-state index in [4.69, 9.17) is 9.47 Å². The summed E-state index contributed by atoms with van der Waals surface area (Å²) in [5.74, 6) is -3.92. The first-order chi connectivity index (χ1) is 16.9. The van der Waals surface area contributed by atoms with Crippen molar-refractivity contribution in [3.05, 3.63) is 77.7 Å². The summed E-state index contributed by atoms with van der Waals surface area (Å²) >= 11 is 0. The summed E-state index contributed by atoms with van der Waals surface area (Å²) in [5, 5.41) is 34.3. The number of hydrogen-bond donors (Lipinski definition) is 3. The molecular weight excluding hydrogens is 479 g/mol. The van der Waals surface area contributed by atoms with Crippen molar-refractivity contribution in [2.75, 3.05) is 7.11 Å². The van der Waals surface area contributed by atoms with Gasteiger partial charge in [0.25, 0.3) is 0 Å². The number of carboxylic acid groups (broad SMARTS) is 1. The van der Waals surface area contributed by atoms with Crippen LogP contribution in [-0.4, -0.2) is 39.5 Å². The van der Waals surface area contributed by atoms with Gasteiger partial charge in [-0.1, -0.05) is 43.4 Å². The second-order valence-corrected chi connectivity index (χ2v) is 9.68. The van der Waals surface area contributed by atoms with E-state index in [9.17, 15) is 33.3 Å². The number of aliphatic hydroxyl groups is 2. The van der Waals surface area contributed by atoms with Crippen molar-refractivity contribution in [3.63, 3.8) is 0 Å². The van der Waals surface area contributed by atoms with Crippen LogP contribution >= 0.6 is 0 Å².